The molecule has 0 bridgehead atoms. The van der Waals surface area contributed by atoms with Gasteiger partial charge >= 0.3 is 6.18 Å². The average Bonchev–Trinajstić information content (AvgIpc) is 2.24. The van der Waals surface area contributed by atoms with Crippen LogP contribution >= 0.6 is 11.6 Å². The molecule has 0 spiro atoms. The zero-order chi connectivity index (χ0) is 13.3. The van der Waals surface area contributed by atoms with E-state index in [0.717, 1.165) is 5.56 Å². The van der Waals surface area contributed by atoms with E-state index < -0.39 is 12.8 Å². The number of fused-ring (bicyclic) bond motifs is 1. The maximum absolute atomic E-state index is 12.1. The SMILES string of the molecule is CC1Cc2cc(Cl)ncc2C(OCC(F)(F)F)=N1. The summed E-state index contributed by atoms with van der Waals surface area (Å²) in [6.07, 6.45) is -2.39. The van der Waals surface area contributed by atoms with Gasteiger partial charge in [-0.3, -0.25) is 0 Å². The molecule has 7 heteroatoms. The van der Waals surface area contributed by atoms with Crippen LogP contribution in [-0.2, 0) is 11.2 Å². The molecular weight excluding hydrogens is 269 g/mol. The van der Waals surface area contributed by atoms with E-state index in [-0.39, 0.29) is 11.9 Å². The van der Waals surface area contributed by atoms with Gasteiger partial charge in [0, 0.05) is 6.20 Å². The van der Waals surface area contributed by atoms with Crippen molar-refractivity contribution >= 4 is 17.5 Å². The lowest BCUT2D eigenvalue weighted by molar-refractivity contribution is -0.156. The molecule has 0 saturated carbocycles. The lowest BCUT2D eigenvalue weighted by Gasteiger charge is -2.21. The Labute approximate surface area is 107 Å². The van der Waals surface area contributed by atoms with Gasteiger partial charge in [0.15, 0.2) is 6.61 Å². The van der Waals surface area contributed by atoms with Crippen molar-refractivity contribution in [2.75, 3.05) is 6.61 Å². The standard InChI is InChI=1S/C11H10ClF3N2O/c1-6-2-7-3-9(12)16-4-8(7)10(17-6)18-5-11(13,14)15/h3-4,6H,2,5H2,1H3. The number of nitrogens with zero attached hydrogens (tertiary/aromatic N) is 2. The third-order valence-electron chi connectivity index (χ3n) is 2.41. The molecule has 1 aromatic heterocycles. The van der Waals surface area contributed by atoms with Crippen molar-refractivity contribution < 1.29 is 17.9 Å². The van der Waals surface area contributed by atoms with Crippen LogP contribution in [0.3, 0.4) is 0 Å². The van der Waals surface area contributed by atoms with Crippen molar-refractivity contribution in [3.05, 3.63) is 28.5 Å². The van der Waals surface area contributed by atoms with E-state index in [1.807, 2.05) is 0 Å². The van der Waals surface area contributed by atoms with E-state index in [1.165, 1.54) is 6.20 Å². The fraction of sp³-hybridized carbons (Fsp3) is 0.455. The highest BCUT2D eigenvalue weighted by Crippen LogP contribution is 2.23. The lowest BCUT2D eigenvalue weighted by atomic mass is 10.0. The number of ether oxygens (including phenoxy) is 1. The molecule has 1 unspecified atom stereocenters. The van der Waals surface area contributed by atoms with Gasteiger partial charge in [0.1, 0.15) is 5.15 Å². The van der Waals surface area contributed by atoms with Crippen LogP contribution in [0.25, 0.3) is 0 Å². The first-order valence-electron chi connectivity index (χ1n) is 5.27. The third kappa shape index (κ3) is 3.13. The van der Waals surface area contributed by atoms with E-state index in [2.05, 4.69) is 9.98 Å². The number of pyridine rings is 1. The van der Waals surface area contributed by atoms with Crippen LogP contribution in [0.1, 0.15) is 18.1 Å². The Balaban J connectivity index is 2.25. The number of alkyl halides is 3. The molecule has 2 rings (SSSR count). The number of aliphatic imine (C=N–C) groups is 1. The molecule has 0 aromatic carbocycles. The van der Waals surface area contributed by atoms with Crippen molar-refractivity contribution in [1.29, 1.82) is 0 Å². The smallest absolute Gasteiger partial charge is 0.422 e. The highest BCUT2D eigenvalue weighted by molar-refractivity contribution is 6.29. The summed E-state index contributed by atoms with van der Waals surface area (Å²) in [5.41, 5.74) is 1.27. The highest BCUT2D eigenvalue weighted by atomic mass is 35.5. The molecule has 0 radical (unpaired) electrons. The van der Waals surface area contributed by atoms with Gasteiger partial charge in [-0.05, 0) is 25.0 Å². The molecule has 1 aliphatic heterocycles. The number of hydrogen-bond acceptors (Lipinski definition) is 3. The Morgan fingerprint density at radius 1 is 1.50 bits per heavy atom. The Morgan fingerprint density at radius 3 is 2.89 bits per heavy atom. The maximum Gasteiger partial charge on any atom is 0.422 e. The second-order valence-corrected chi connectivity index (χ2v) is 4.44. The van der Waals surface area contributed by atoms with Gasteiger partial charge in [0.25, 0.3) is 0 Å². The van der Waals surface area contributed by atoms with E-state index in [1.54, 1.807) is 13.0 Å². The van der Waals surface area contributed by atoms with Crippen LogP contribution in [0.4, 0.5) is 13.2 Å². The zero-order valence-electron chi connectivity index (χ0n) is 9.46. The van der Waals surface area contributed by atoms with Gasteiger partial charge in [0.2, 0.25) is 5.90 Å². The van der Waals surface area contributed by atoms with Crippen LogP contribution in [0.15, 0.2) is 17.3 Å². The molecular formula is C11H10ClF3N2O. The predicted molar refractivity (Wildman–Crippen MR) is 61.0 cm³/mol. The molecule has 0 saturated heterocycles. The topological polar surface area (TPSA) is 34.5 Å². The van der Waals surface area contributed by atoms with E-state index in [0.29, 0.717) is 17.1 Å². The molecule has 0 amide bonds. The number of hydrogen-bond donors (Lipinski definition) is 0. The first-order valence-corrected chi connectivity index (χ1v) is 5.65. The molecule has 18 heavy (non-hydrogen) atoms. The quantitative estimate of drug-likeness (QED) is 0.740. The van der Waals surface area contributed by atoms with E-state index in [9.17, 15) is 13.2 Å². The van der Waals surface area contributed by atoms with Gasteiger partial charge in [-0.2, -0.15) is 13.2 Å². The Bertz CT molecular complexity index is 488. The van der Waals surface area contributed by atoms with Crippen LogP contribution < -0.4 is 0 Å². The molecule has 3 nitrogen and oxygen atoms in total. The van der Waals surface area contributed by atoms with Crippen molar-refractivity contribution in [2.45, 2.75) is 25.6 Å². The first-order chi connectivity index (χ1) is 8.35. The summed E-state index contributed by atoms with van der Waals surface area (Å²) < 4.78 is 41.1. The summed E-state index contributed by atoms with van der Waals surface area (Å²) in [6.45, 7) is 0.439. The minimum Gasteiger partial charge on any atom is -0.468 e. The summed E-state index contributed by atoms with van der Waals surface area (Å²) in [7, 11) is 0. The van der Waals surface area contributed by atoms with Gasteiger partial charge < -0.3 is 4.74 Å². The summed E-state index contributed by atoms with van der Waals surface area (Å²) in [4.78, 5) is 7.90. The number of halogens is 4. The highest BCUT2D eigenvalue weighted by Gasteiger charge is 2.30. The van der Waals surface area contributed by atoms with E-state index >= 15 is 0 Å². The number of aromatic nitrogens is 1. The van der Waals surface area contributed by atoms with Crippen molar-refractivity contribution in [3.63, 3.8) is 0 Å². The zero-order valence-corrected chi connectivity index (χ0v) is 10.2. The van der Waals surface area contributed by atoms with Crippen molar-refractivity contribution in [3.8, 4) is 0 Å². The van der Waals surface area contributed by atoms with Gasteiger partial charge in [0.05, 0.1) is 11.6 Å². The van der Waals surface area contributed by atoms with Gasteiger partial charge in [-0.1, -0.05) is 11.6 Å². The largest absolute Gasteiger partial charge is 0.468 e. The molecule has 2 heterocycles. The van der Waals surface area contributed by atoms with Crippen LogP contribution in [0.5, 0.6) is 0 Å². The second-order valence-electron chi connectivity index (χ2n) is 4.06. The monoisotopic (exact) mass is 278 g/mol. The number of rotatable bonds is 1. The average molecular weight is 279 g/mol. The lowest BCUT2D eigenvalue weighted by Crippen LogP contribution is -2.26. The summed E-state index contributed by atoms with van der Waals surface area (Å²) in [5, 5.41) is 0.304. The molecule has 1 aliphatic rings. The Morgan fingerprint density at radius 2 is 2.22 bits per heavy atom. The Hall–Kier alpha value is -1.30. The second kappa shape index (κ2) is 4.76. The van der Waals surface area contributed by atoms with Crippen LogP contribution in [-0.4, -0.2) is 29.7 Å². The molecule has 0 N–H and O–H groups in total. The Kier molecular flexibility index (Phi) is 3.47. The molecule has 1 aromatic rings. The maximum atomic E-state index is 12.1. The summed E-state index contributed by atoms with van der Waals surface area (Å²) in [5.74, 6) is -0.0229. The molecule has 98 valence electrons. The minimum absolute atomic E-state index is 0.0229. The normalized spacial score (nSPS) is 19.2. The van der Waals surface area contributed by atoms with Crippen LogP contribution in [0.2, 0.25) is 5.15 Å². The fourth-order valence-corrected chi connectivity index (χ4v) is 1.91. The van der Waals surface area contributed by atoms with Gasteiger partial charge in [-0.15, -0.1) is 0 Å². The van der Waals surface area contributed by atoms with E-state index in [4.69, 9.17) is 16.3 Å². The third-order valence-corrected chi connectivity index (χ3v) is 2.62. The van der Waals surface area contributed by atoms with Crippen LogP contribution in [0, 0.1) is 0 Å². The first kappa shape index (κ1) is 13.1. The van der Waals surface area contributed by atoms with Gasteiger partial charge in [-0.25, -0.2) is 9.98 Å². The van der Waals surface area contributed by atoms with Crippen molar-refractivity contribution in [1.82, 2.24) is 4.98 Å². The molecule has 1 atom stereocenters. The molecule has 0 fully saturated rings. The summed E-state index contributed by atoms with van der Waals surface area (Å²) in [6, 6.07) is 1.48. The minimum atomic E-state index is -4.39. The summed E-state index contributed by atoms with van der Waals surface area (Å²) >= 11 is 5.75. The fourth-order valence-electron chi connectivity index (χ4n) is 1.73. The predicted octanol–water partition coefficient (Wildman–Crippen LogP) is 3.01. The molecule has 0 aliphatic carbocycles. The van der Waals surface area contributed by atoms with Crippen molar-refractivity contribution in [2.24, 2.45) is 4.99 Å².